The first-order chi connectivity index (χ1) is 24.2. The summed E-state index contributed by atoms with van der Waals surface area (Å²) in [5.74, 6) is -0.351. The van der Waals surface area contributed by atoms with E-state index in [1.807, 2.05) is 0 Å². The number of esters is 1. The van der Waals surface area contributed by atoms with Gasteiger partial charge in [0, 0.05) is 6.42 Å². The Balaban J connectivity index is 3.62. The maximum atomic E-state index is 11.9. The Morgan fingerprint density at radius 1 is 0.460 bits per heavy atom. The Labute approximate surface area is 299 Å². The molecule has 0 aliphatic carbocycles. The fraction of sp³-hybridized carbons (Fsp3) is 0.917. The third kappa shape index (κ3) is 35.1. The van der Waals surface area contributed by atoms with Crippen molar-refractivity contribution in [2.24, 2.45) is 0 Å². The maximum Gasteiger partial charge on any atom is 0.305 e. The molecule has 6 unspecified atom stereocenters. The van der Waals surface area contributed by atoms with Crippen LogP contribution in [-0.2, 0) is 33.2 Å². The highest BCUT2D eigenvalue weighted by Gasteiger charge is 2.14. The van der Waals surface area contributed by atoms with Crippen molar-refractivity contribution in [1.82, 2.24) is 0 Å². The predicted molar refractivity (Wildman–Crippen MR) is 188 cm³/mol. The molecule has 0 aliphatic heterocycles. The number of carbonyl (C=O) groups excluding carboxylic acids is 1. The molecule has 14 heteroatoms. The molecule has 0 saturated heterocycles. The number of ether oxygens (including phenoxy) is 6. The SMILES string of the molecule is CCCCCCCC/C=C\CCCCCCCC(=O)OCC(O)COCC(O)COCC(O)COCC(O)COCC(O)COCC(O)CO. The van der Waals surface area contributed by atoms with Crippen LogP contribution < -0.4 is 0 Å². The van der Waals surface area contributed by atoms with Crippen LogP contribution in [-0.4, -0.2) is 158 Å². The van der Waals surface area contributed by atoms with E-state index in [-0.39, 0.29) is 78.6 Å². The van der Waals surface area contributed by atoms with E-state index in [0.29, 0.717) is 6.42 Å². The molecule has 298 valence electrons. The van der Waals surface area contributed by atoms with Gasteiger partial charge in [-0.1, -0.05) is 70.4 Å². The monoisotopic (exact) mass is 726 g/mol. The predicted octanol–water partition coefficient (Wildman–Crippen LogP) is 1.81. The number of unbranched alkanes of at least 4 members (excludes halogenated alkanes) is 11. The number of hydrogen-bond acceptors (Lipinski definition) is 14. The van der Waals surface area contributed by atoms with Crippen LogP contribution in [0.5, 0.6) is 0 Å². The number of aliphatic hydroxyl groups is 7. The second-order valence-electron chi connectivity index (χ2n) is 12.8. The van der Waals surface area contributed by atoms with Crippen LogP contribution in [0.25, 0.3) is 0 Å². The zero-order valence-electron chi connectivity index (χ0n) is 30.5. The van der Waals surface area contributed by atoms with Crippen molar-refractivity contribution in [1.29, 1.82) is 0 Å². The molecule has 6 atom stereocenters. The minimum absolute atomic E-state index is 0.103. The lowest BCUT2D eigenvalue weighted by atomic mass is 10.1. The van der Waals surface area contributed by atoms with E-state index >= 15 is 0 Å². The van der Waals surface area contributed by atoms with Gasteiger partial charge in [0.2, 0.25) is 0 Å². The summed E-state index contributed by atoms with van der Waals surface area (Å²) in [6.45, 7) is 0.407. The van der Waals surface area contributed by atoms with Gasteiger partial charge in [-0.3, -0.25) is 4.79 Å². The first kappa shape index (κ1) is 48.7. The molecule has 0 aliphatic rings. The Morgan fingerprint density at radius 2 is 0.780 bits per heavy atom. The summed E-state index contributed by atoms with van der Waals surface area (Å²) < 4.78 is 31.0. The molecule has 0 aromatic carbocycles. The minimum Gasteiger partial charge on any atom is -0.463 e. The molecule has 0 bridgehead atoms. The van der Waals surface area contributed by atoms with Crippen molar-refractivity contribution in [3.63, 3.8) is 0 Å². The molecule has 0 rings (SSSR count). The fourth-order valence-electron chi connectivity index (χ4n) is 4.60. The molecule has 0 radical (unpaired) electrons. The number of rotatable bonds is 38. The van der Waals surface area contributed by atoms with Gasteiger partial charge >= 0.3 is 5.97 Å². The summed E-state index contributed by atoms with van der Waals surface area (Å²) in [6.07, 6.45) is 14.3. The molecule has 0 saturated carbocycles. The highest BCUT2D eigenvalue weighted by Crippen LogP contribution is 2.10. The summed E-state index contributed by atoms with van der Waals surface area (Å²) in [7, 11) is 0. The zero-order valence-corrected chi connectivity index (χ0v) is 30.5. The first-order valence-electron chi connectivity index (χ1n) is 18.6. The highest BCUT2D eigenvalue weighted by atomic mass is 16.6. The summed E-state index contributed by atoms with van der Waals surface area (Å²) >= 11 is 0. The lowest BCUT2D eigenvalue weighted by Gasteiger charge is -2.17. The largest absolute Gasteiger partial charge is 0.463 e. The van der Waals surface area contributed by atoms with Gasteiger partial charge in [0.1, 0.15) is 43.2 Å². The molecule has 7 N–H and O–H groups in total. The number of allylic oxidation sites excluding steroid dienone is 2. The summed E-state index contributed by atoms with van der Waals surface area (Å²) in [4.78, 5) is 11.9. The summed E-state index contributed by atoms with van der Waals surface area (Å²) in [5.41, 5.74) is 0. The van der Waals surface area contributed by atoms with Crippen LogP contribution in [0, 0.1) is 0 Å². The maximum absolute atomic E-state index is 11.9. The van der Waals surface area contributed by atoms with Gasteiger partial charge in [-0.25, -0.2) is 0 Å². The average molecular weight is 727 g/mol. The molecule has 0 aromatic heterocycles. The molecular formula is C36H70O14. The molecule has 0 amide bonds. The van der Waals surface area contributed by atoms with Gasteiger partial charge < -0.3 is 64.2 Å². The van der Waals surface area contributed by atoms with Crippen LogP contribution in [0.1, 0.15) is 96.8 Å². The zero-order chi connectivity index (χ0) is 37.1. The minimum atomic E-state index is -1.02. The van der Waals surface area contributed by atoms with E-state index in [4.69, 9.17) is 38.6 Å². The Hall–Kier alpha value is -1.27. The molecule has 0 fully saturated rings. The molecule has 0 aromatic rings. The van der Waals surface area contributed by atoms with E-state index in [1.165, 1.54) is 51.4 Å². The normalized spacial score (nSPS) is 15.6. The highest BCUT2D eigenvalue weighted by molar-refractivity contribution is 5.69. The van der Waals surface area contributed by atoms with Crippen molar-refractivity contribution in [2.45, 2.75) is 133 Å². The van der Waals surface area contributed by atoms with Crippen LogP contribution in [0.4, 0.5) is 0 Å². The van der Waals surface area contributed by atoms with Crippen molar-refractivity contribution in [3.05, 3.63) is 12.2 Å². The van der Waals surface area contributed by atoms with Gasteiger partial charge in [-0.15, -0.1) is 0 Å². The van der Waals surface area contributed by atoms with Crippen LogP contribution in [0.15, 0.2) is 12.2 Å². The lowest BCUT2D eigenvalue weighted by Crippen LogP contribution is -2.31. The smallest absolute Gasteiger partial charge is 0.305 e. The average Bonchev–Trinajstić information content (AvgIpc) is 3.08. The van der Waals surface area contributed by atoms with Crippen LogP contribution >= 0.6 is 0 Å². The molecular weight excluding hydrogens is 656 g/mol. The summed E-state index contributed by atoms with van der Waals surface area (Å²) in [6, 6.07) is 0. The second kappa shape index (κ2) is 36.1. The standard InChI is InChI=1S/C36H70O14/c1-2-3-4-5-6-7-8-9-10-11-12-13-14-15-16-17-36(44)50-29-35(43)28-49-27-34(42)26-48-25-33(41)24-47-23-32(40)22-46-21-31(39)20-45-19-30(38)18-37/h9-10,30-35,37-43H,2-8,11-29H2,1H3/b10-9-. The summed E-state index contributed by atoms with van der Waals surface area (Å²) in [5, 5.41) is 67.3. The van der Waals surface area contributed by atoms with Crippen LogP contribution in [0.2, 0.25) is 0 Å². The van der Waals surface area contributed by atoms with Crippen molar-refractivity contribution >= 4 is 5.97 Å². The lowest BCUT2D eigenvalue weighted by molar-refractivity contribution is -0.148. The fourth-order valence-corrected chi connectivity index (χ4v) is 4.60. The number of carbonyl (C=O) groups is 1. The van der Waals surface area contributed by atoms with Gasteiger partial charge in [-0.05, 0) is 32.1 Å². The Morgan fingerprint density at radius 3 is 1.16 bits per heavy atom. The Bertz CT molecular complexity index is 758. The van der Waals surface area contributed by atoms with Gasteiger partial charge in [0.15, 0.2) is 0 Å². The number of aliphatic hydroxyl groups excluding tert-OH is 7. The van der Waals surface area contributed by atoms with Crippen LogP contribution in [0.3, 0.4) is 0 Å². The van der Waals surface area contributed by atoms with E-state index < -0.39 is 43.2 Å². The molecule has 0 heterocycles. The van der Waals surface area contributed by atoms with Crippen molar-refractivity contribution in [3.8, 4) is 0 Å². The van der Waals surface area contributed by atoms with E-state index in [9.17, 15) is 30.3 Å². The molecule has 50 heavy (non-hydrogen) atoms. The molecule has 0 spiro atoms. The third-order valence-electron chi connectivity index (χ3n) is 7.39. The quantitative estimate of drug-likeness (QED) is 0.0275. The third-order valence-corrected chi connectivity index (χ3v) is 7.39. The number of hydrogen-bond donors (Lipinski definition) is 7. The van der Waals surface area contributed by atoms with Gasteiger partial charge in [0.25, 0.3) is 0 Å². The van der Waals surface area contributed by atoms with E-state index in [2.05, 4.69) is 19.1 Å². The second-order valence-corrected chi connectivity index (χ2v) is 12.8. The van der Waals surface area contributed by atoms with Crippen molar-refractivity contribution < 1.29 is 69.0 Å². The van der Waals surface area contributed by atoms with Crippen molar-refractivity contribution in [2.75, 3.05) is 79.3 Å². The Kier molecular flexibility index (Phi) is 35.2. The van der Waals surface area contributed by atoms with E-state index in [0.717, 1.165) is 32.1 Å². The van der Waals surface area contributed by atoms with Gasteiger partial charge in [-0.2, -0.15) is 0 Å². The first-order valence-corrected chi connectivity index (χ1v) is 18.6. The molecule has 14 nitrogen and oxygen atoms in total. The van der Waals surface area contributed by atoms with E-state index in [1.54, 1.807) is 0 Å². The topological polar surface area (TPSA) is 214 Å². The van der Waals surface area contributed by atoms with Gasteiger partial charge in [0.05, 0.1) is 72.7 Å².